The van der Waals surface area contributed by atoms with Crippen LogP contribution in [-0.4, -0.2) is 17.0 Å². The first kappa shape index (κ1) is 14.4. The van der Waals surface area contributed by atoms with Crippen molar-refractivity contribution in [1.29, 1.82) is 5.26 Å². The van der Waals surface area contributed by atoms with Gasteiger partial charge in [-0.1, -0.05) is 0 Å². The first-order chi connectivity index (χ1) is 10.6. The highest BCUT2D eigenvalue weighted by Crippen LogP contribution is 2.38. The number of benzene rings is 1. The summed E-state index contributed by atoms with van der Waals surface area (Å²) in [6.45, 7) is 4.06. The minimum Gasteiger partial charge on any atom is -0.485 e. The minimum atomic E-state index is -0.00985. The molecule has 1 saturated carbocycles. The molecule has 1 aromatic carbocycles. The second kappa shape index (κ2) is 5.69. The highest BCUT2D eigenvalue weighted by atomic mass is 16.5. The standard InChI is InChI=1S/C18H18N2O2/c1-12-9-17(13(2)20(12)15-5-6-15)18(21)11-22-16-7-3-14(10-19)4-8-16/h3-4,7-9,15H,5-6,11H2,1-2H3. The lowest BCUT2D eigenvalue weighted by molar-refractivity contribution is 0.0921. The fourth-order valence-corrected chi connectivity index (χ4v) is 2.81. The van der Waals surface area contributed by atoms with Gasteiger partial charge >= 0.3 is 0 Å². The van der Waals surface area contributed by atoms with Gasteiger partial charge in [0, 0.05) is 23.0 Å². The van der Waals surface area contributed by atoms with Crippen LogP contribution in [-0.2, 0) is 0 Å². The predicted molar refractivity (Wildman–Crippen MR) is 83.2 cm³/mol. The molecular weight excluding hydrogens is 276 g/mol. The lowest BCUT2D eigenvalue weighted by atomic mass is 10.1. The maximum atomic E-state index is 12.4. The maximum Gasteiger partial charge on any atom is 0.202 e. The van der Waals surface area contributed by atoms with Crippen molar-refractivity contribution < 1.29 is 9.53 Å². The number of carbonyl (C=O) groups is 1. The summed E-state index contributed by atoms with van der Waals surface area (Å²) in [5.74, 6) is 0.590. The van der Waals surface area contributed by atoms with Gasteiger partial charge in [0.2, 0.25) is 5.78 Å². The lowest BCUT2D eigenvalue weighted by Gasteiger charge is -2.08. The van der Waals surface area contributed by atoms with E-state index in [4.69, 9.17) is 10.00 Å². The van der Waals surface area contributed by atoms with E-state index in [1.54, 1.807) is 24.3 Å². The molecule has 3 rings (SSSR count). The van der Waals surface area contributed by atoms with Crippen LogP contribution in [0.25, 0.3) is 0 Å². The molecule has 1 aromatic heterocycles. The van der Waals surface area contributed by atoms with Crippen LogP contribution in [0.5, 0.6) is 5.75 Å². The summed E-state index contributed by atoms with van der Waals surface area (Å²) < 4.78 is 7.79. The lowest BCUT2D eigenvalue weighted by Crippen LogP contribution is -2.12. The summed E-state index contributed by atoms with van der Waals surface area (Å²) in [6.07, 6.45) is 2.40. The highest BCUT2D eigenvalue weighted by Gasteiger charge is 2.28. The number of Topliss-reactive ketones (excluding diaryl/α,β-unsaturated/α-hetero) is 1. The van der Waals surface area contributed by atoms with Crippen molar-refractivity contribution >= 4 is 5.78 Å². The van der Waals surface area contributed by atoms with Crippen LogP contribution in [0.3, 0.4) is 0 Å². The van der Waals surface area contributed by atoms with Crippen molar-refractivity contribution in [2.45, 2.75) is 32.7 Å². The van der Waals surface area contributed by atoms with Gasteiger partial charge in [-0.2, -0.15) is 5.26 Å². The van der Waals surface area contributed by atoms with Crippen molar-refractivity contribution in [2.24, 2.45) is 0 Å². The molecule has 4 heteroatoms. The molecule has 0 spiro atoms. The number of nitrogens with zero attached hydrogens (tertiary/aromatic N) is 2. The topological polar surface area (TPSA) is 55.0 Å². The molecular formula is C18H18N2O2. The van der Waals surface area contributed by atoms with Gasteiger partial charge in [-0.15, -0.1) is 0 Å². The van der Waals surface area contributed by atoms with Crippen molar-refractivity contribution in [3.63, 3.8) is 0 Å². The Morgan fingerprint density at radius 3 is 2.59 bits per heavy atom. The van der Waals surface area contributed by atoms with Crippen LogP contribution in [0, 0.1) is 25.2 Å². The van der Waals surface area contributed by atoms with E-state index in [2.05, 4.69) is 10.6 Å². The van der Waals surface area contributed by atoms with Crippen LogP contribution in [0.2, 0.25) is 0 Å². The van der Waals surface area contributed by atoms with E-state index >= 15 is 0 Å². The summed E-state index contributed by atoms with van der Waals surface area (Å²) in [4.78, 5) is 12.4. The van der Waals surface area contributed by atoms with Crippen LogP contribution >= 0.6 is 0 Å². The molecule has 112 valence electrons. The summed E-state index contributed by atoms with van der Waals surface area (Å²) in [7, 11) is 0. The molecule has 0 aliphatic heterocycles. The van der Waals surface area contributed by atoms with Gasteiger partial charge in [-0.3, -0.25) is 4.79 Å². The largest absolute Gasteiger partial charge is 0.485 e. The summed E-state index contributed by atoms with van der Waals surface area (Å²) in [5, 5.41) is 8.76. The molecule has 0 bridgehead atoms. The molecule has 2 aromatic rings. The van der Waals surface area contributed by atoms with Gasteiger partial charge in [-0.05, 0) is 57.0 Å². The second-order valence-corrected chi connectivity index (χ2v) is 5.73. The zero-order chi connectivity index (χ0) is 15.7. The molecule has 1 aliphatic carbocycles. The number of ether oxygens (including phenoxy) is 1. The summed E-state index contributed by atoms with van der Waals surface area (Å²) in [5.41, 5.74) is 3.50. The Morgan fingerprint density at radius 1 is 1.32 bits per heavy atom. The molecule has 1 fully saturated rings. The van der Waals surface area contributed by atoms with Gasteiger partial charge < -0.3 is 9.30 Å². The number of hydrogen-bond donors (Lipinski definition) is 0. The first-order valence-electron chi connectivity index (χ1n) is 7.44. The third-order valence-corrected chi connectivity index (χ3v) is 4.05. The van der Waals surface area contributed by atoms with E-state index in [1.165, 1.54) is 12.8 Å². The number of aromatic nitrogens is 1. The zero-order valence-electron chi connectivity index (χ0n) is 12.8. The third-order valence-electron chi connectivity index (χ3n) is 4.05. The number of hydrogen-bond acceptors (Lipinski definition) is 3. The van der Waals surface area contributed by atoms with E-state index in [9.17, 15) is 4.79 Å². The van der Waals surface area contributed by atoms with Crippen molar-refractivity contribution in [1.82, 2.24) is 4.57 Å². The molecule has 1 aliphatic rings. The molecule has 0 N–H and O–H groups in total. The van der Waals surface area contributed by atoms with Gasteiger partial charge in [0.05, 0.1) is 11.6 Å². The Hall–Kier alpha value is -2.54. The average Bonchev–Trinajstić information content (AvgIpc) is 3.31. The van der Waals surface area contributed by atoms with Gasteiger partial charge in [0.1, 0.15) is 5.75 Å². The molecule has 0 radical (unpaired) electrons. The van der Waals surface area contributed by atoms with Gasteiger partial charge in [-0.25, -0.2) is 0 Å². The van der Waals surface area contributed by atoms with Crippen molar-refractivity contribution in [2.75, 3.05) is 6.61 Å². The first-order valence-corrected chi connectivity index (χ1v) is 7.44. The Bertz CT molecular complexity index is 747. The molecule has 22 heavy (non-hydrogen) atoms. The fraction of sp³-hybridized carbons (Fsp3) is 0.333. The van der Waals surface area contributed by atoms with Crippen LogP contribution in [0.4, 0.5) is 0 Å². The van der Waals surface area contributed by atoms with Crippen molar-refractivity contribution in [3.05, 3.63) is 52.8 Å². The van der Waals surface area contributed by atoms with Crippen molar-refractivity contribution in [3.8, 4) is 11.8 Å². The molecule has 1 heterocycles. The van der Waals surface area contributed by atoms with E-state index < -0.39 is 0 Å². The average molecular weight is 294 g/mol. The van der Waals surface area contributed by atoms with Gasteiger partial charge in [0.15, 0.2) is 6.61 Å². The van der Waals surface area contributed by atoms with E-state index in [0.717, 1.165) is 17.0 Å². The van der Waals surface area contributed by atoms with E-state index in [1.807, 2.05) is 19.9 Å². The summed E-state index contributed by atoms with van der Waals surface area (Å²) in [6, 6.07) is 11.4. The third kappa shape index (κ3) is 2.75. The number of rotatable bonds is 5. The van der Waals surface area contributed by atoms with E-state index in [-0.39, 0.29) is 12.4 Å². The minimum absolute atomic E-state index is 0.00985. The number of aryl methyl sites for hydroxylation is 1. The second-order valence-electron chi connectivity index (χ2n) is 5.73. The zero-order valence-corrected chi connectivity index (χ0v) is 12.8. The molecule has 0 atom stereocenters. The van der Waals surface area contributed by atoms with Gasteiger partial charge in [0.25, 0.3) is 0 Å². The molecule has 0 unspecified atom stereocenters. The molecule has 4 nitrogen and oxygen atoms in total. The number of nitriles is 1. The normalized spacial score (nSPS) is 13.7. The Kier molecular flexibility index (Phi) is 3.72. The van der Waals surface area contributed by atoms with Crippen LogP contribution in [0.1, 0.15) is 46.2 Å². The maximum absolute atomic E-state index is 12.4. The quantitative estimate of drug-likeness (QED) is 0.792. The van der Waals surface area contributed by atoms with E-state index in [0.29, 0.717) is 17.4 Å². The molecule has 0 amide bonds. The van der Waals surface area contributed by atoms with Crippen LogP contribution < -0.4 is 4.74 Å². The monoisotopic (exact) mass is 294 g/mol. The number of ketones is 1. The Morgan fingerprint density at radius 2 is 2.00 bits per heavy atom. The SMILES string of the molecule is Cc1cc(C(=O)COc2ccc(C#N)cc2)c(C)n1C1CC1. The predicted octanol–water partition coefficient (Wildman–Crippen LogP) is 3.57. The summed E-state index contributed by atoms with van der Waals surface area (Å²) >= 11 is 0. The van der Waals surface area contributed by atoms with Crippen LogP contribution in [0.15, 0.2) is 30.3 Å². The Labute approximate surface area is 129 Å². The Balaban J connectivity index is 1.69. The molecule has 0 saturated heterocycles. The smallest absolute Gasteiger partial charge is 0.202 e. The fourth-order valence-electron chi connectivity index (χ4n) is 2.81. The number of carbonyl (C=O) groups excluding carboxylic acids is 1. The highest BCUT2D eigenvalue weighted by molar-refractivity contribution is 5.98.